The number of carbonyl (C=O) groups is 1. The lowest BCUT2D eigenvalue weighted by Gasteiger charge is -2.22. The van der Waals surface area contributed by atoms with Crippen molar-refractivity contribution < 1.29 is 9.53 Å². The standard InChI is InChI=1S/C17H28N2O2/c1-5-13(6-2)19-17(20)12(4)21-16-11-9-8-10-14(16)15(18)7-3/h8-13,15H,5-7,18H2,1-4H3,(H,19,20). The van der Waals surface area contributed by atoms with Crippen LogP contribution in [0.4, 0.5) is 0 Å². The van der Waals surface area contributed by atoms with Crippen molar-refractivity contribution in [2.24, 2.45) is 5.73 Å². The maximum absolute atomic E-state index is 12.2. The Labute approximate surface area is 128 Å². The van der Waals surface area contributed by atoms with Gasteiger partial charge in [-0.05, 0) is 32.3 Å². The number of amides is 1. The van der Waals surface area contributed by atoms with Gasteiger partial charge in [0.2, 0.25) is 0 Å². The molecule has 1 amide bonds. The molecule has 0 aliphatic rings. The molecular formula is C17H28N2O2. The van der Waals surface area contributed by atoms with E-state index in [4.69, 9.17) is 10.5 Å². The van der Waals surface area contributed by atoms with Crippen molar-refractivity contribution in [1.82, 2.24) is 5.32 Å². The van der Waals surface area contributed by atoms with Gasteiger partial charge in [0.25, 0.3) is 5.91 Å². The van der Waals surface area contributed by atoms with Crippen LogP contribution in [-0.4, -0.2) is 18.1 Å². The lowest BCUT2D eigenvalue weighted by Crippen LogP contribution is -2.42. The molecule has 4 heteroatoms. The van der Waals surface area contributed by atoms with Gasteiger partial charge in [-0.3, -0.25) is 4.79 Å². The van der Waals surface area contributed by atoms with Gasteiger partial charge >= 0.3 is 0 Å². The molecule has 1 aromatic carbocycles. The molecule has 0 saturated heterocycles. The van der Waals surface area contributed by atoms with E-state index in [-0.39, 0.29) is 18.0 Å². The number of carbonyl (C=O) groups excluding carboxylic acids is 1. The van der Waals surface area contributed by atoms with Crippen LogP contribution in [0, 0.1) is 0 Å². The molecule has 118 valence electrons. The smallest absolute Gasteiger partial charge is 0.260 e. The molecule has 0 radical (unpaired) electrons. The third-order valence-electron chi connectivity index (χ3n) is 3.76. The summed E-state index contributed by atoms with van der Waals surface area (Å²) in [6.07, 6.45) is 2.14. The van der Waals surface area contributed by atoms with E-state index >= 15 is 0 Å². The number of nitrogens with one attached hydrogen (secondary N) is 1. The van der Waals surface area contributed by atoms with E-state index in [0.29, 0.717) is 5.75 Å². The molecule has 1 rings (SSSR count). The third kappa shape index (κ3) is 5.05. The molecule has 0 saturated carbocycles. The first-order valence-corrected chi connectivity index (χ1v) is 7.84. The second-order valence-corrected chi connectivity index (χ2v) is 5.33. The SMILES string of the molecule is CCC(CC)NC(=O)C(C)Oc1ccccc1C(N)CC. The van der Waals surface area contributed by atoms with Crippen LogP contribution in [0.1, 0.15) is 58.6 Å². The van der Waals surface area contributed by atoms with Crippen molar-refractivity contribution in [3.8, 4) is 5.75 Å². The second-order valence-electron chi connectivity index (χ2n) is 5.33. The minimum atomic E-state index is -0.532. The topological polar surface area (TPSA) is 64.3 Å². The Morgan fingerprint density at radius 3 is 2.38 bits per heavy atom. The third-order valence-corrected chi connectivity index (χ3v) is 3.76. The Morgan fingerprint density at radius 2 is 1.81 bits per heavy atom. The molecule has 3 N–H and O–H groups in total. The summed E-state index contributed by atoms with van der Waals surface area (Å²) in [5.74, 6) is 0.614. The number of hydrogen-bond acceptors (Lipinski definition) is 3. The van der Waals surface area contributed by atoms with Gasteiger partial charge in [0.15, 0.2) is 6.10 Å². The van der Waals surface area contributed by atoms with Crippen molar-refractivity contribution in [3.05, 3.63) is 29.8 Å². The number of para-hydroxylation sites is 1. The molecule has 0 fully saturated rings. The van der Waals surface area contributed by atoms with E-state index in [1.807, 2.05) is 31.2 Å². The van der Waals surface area contributed by atoms with Crippen LogP contribution in [0.3, 0.4) is 0 Å². The summed E-state index contributed by atoms with van der Waals surface area (Å²) < 4.78 is 5.83. The summed E-state index contributed by atoms with van der Waals surface area (Å²) in [7, 11) is 0. The lowest BCUT2D eigenvalue weighted by atomic mass is 10.0. The highest BCUT2D eigenvalue weighted by molar-refractivity contribution is 5.81. The van der Waals surface area contributed by atoms with Crippen molar-refractivity contribution in [2.75, 3.05) is 0 Å². The van der Waals surface area contributed by atoms with Crippen LogP contribution in [0.5, 0.6) is 5.75 Å². The summed E-state index contributed by atoms with van der Waals surface area (Å²) in [6, 6.07) is 7.78. The Kier molecular flexibility index (Phi) is 7.23. The highest BCUT2D eigenvalue weighted by atomic mass is 16.5. The maximum Gasteiger partial charge on any atom is 0.260 e. The largest absolute Gasteiger partial charge is 0.481 e. The van der Waals surface area contributed by atoms with Crippen LogP contribution in [-0.2, 0) is 4.79 Å². The molecular weight excluding hydrogens is 264 g/mol. The van der Waals surface area contributed by atoms with Crippen molar-refractivity contribution >= 4 is 5.91 Å². The van der Waals surface area contributed by atoms with Crippen molar-refractivity contribution in [2.45, 2.75) is 65.1 Å². The van der Waals surface area contributed by atoms with Gasteiger partial charge in [-0.25, -0.2) is 0 Å². The predicted octanol–water partition coefficient (Wildman–Crippen LogP) is 3.17. The van der Waals surface area contributed by atoms with E-state index in [2.05, 4.69) is 19.2 Å². The first-order chi connectivity index (χ1) is 10.0. The summed E-state index contributed by atoms with van der Waals surface area (Å²) in [5, 5.41) is 3.00. The maximum atomic E-state index is 12.2. The van der Waals surface area contributed by atoms with Crippen molar-refractivity contribution in [1.29, 1.82) is 0 Å². The van der Waals surface area contributed by atoms with Gasteiger partial charge in [-0.1, -0.05) is 39.0 Å². The molecule has 0 spiro atoms. The fourth-order valence-corrected chi connectivity index (χ4v) is 2.17. The molecule has 21 heavy (non-hydrogen) atoms. The molecule has 0 aliphatic heterocycles. The fourth-order valence-electron chi connectivity index (χ4n) is 2.17. The Bertz CT molecular complexity index is 444. The molecule has 4 nitrogen and oxygen atoms in total. The monoisotopic (exact) mass is 292 g/mol. The zero-order valence-corrected chi connectivity index (χ0v) is 13.6. The number of hydrogen-bond donors (Lipinski definition) is 2. The summed E-state index contributed by atoms with van der Waals surface area (Å²) in [4.78, 5) is 12.2. The van der Waals surface area contributed by atoms with Crippen LogP contribution < -0.4 is 15.8 Å². The molecule has 1 aromatic rings. The highest BCUT2D eigenvalue weighted by Gasteiger charge is 2.19. The zero-order valence-electron chi connectivity index (χ0n) is 13.6. The Hall–Kier alpha value is -1.55. The molecule has 2 unspecified atom stereocenters. The van der Waals surface area contributed by atoms with Gasteiger partial charge in [-0.15, -0.1) is 0 Å². The van der Waals surface area contributed by atoms with E-state index < -0.39 is 6.10 Å². The van der Waals surface area contributed by atoms with E-state index in [1.54, 1.807) is 6.92 Å². The van der Waals surface area contributed by atoms with Gasteiger partial charge in [0.1, 0.15) is 5.75 Å². The normalized spacial score (nSPS) is 13.8. The predicted molar refractivity (Wildman–Crippen MR) is 86.3 cm³/mol. The molecule has 2 atom stereocenters. The highest BCUT2D eigenvalue weighted by Crippen LogP contribution is 2.26. The molecule has 0 aliphatic carbocycles. The Balaban J connectivity index is 2.74. The molecule has 0 bridgehead atoms. The van der Waals surface area contributed by atoms with Crippen LogP contribution in [0.25, 0.3) is 0 Å². The van der Waals surface area contributed by atoms with Gasteiger partial charge in [0.05, 0.1) is 0 Å². The lowest BCUT2D eigenvalue weighted by molar-refractivity contribution is -0.128. The first kappa shape index (κ1) is 17.5. The van der Waals surface area contributed by atoms with Crippen molar-refractivity contribution in [3.63, 3.8) is 0 Å². The summed E-state index contributed by atoms with van der Waals surface area (Å²) >= 11 is 0. The minimum Gasteiger partial charge on any atom is -0.481 e. The van der Waals surface area contributed by atoms with Crippen LogP contribution in [0.2, 0.25) is 0 Å². The van der Waals surface area contributed by atoms with E-state index in [1.165, 1.54) is 0 Å². The van der Waals surface area contributed by atoms with Crippen LogP contribution in [0.15, 0.2) is 24.3 Å². The Morgan fingerprint density at radius 1 is 1.19 bits per heavy atom. The van der Waals surface area contributed by atoms with E-state index in [0.717, 1.165) is 24.8 Å². The average Bonchev–Trinajstić information content (AvgIpc) is 2.51. The zero-order chi connectivity index (χ0) is 15.8. The molecule has 0 heterocycles. The number of nitrogens with two attached hydrogens (primary N) is 1. The number of benzene rings is 1. The van der Waals surface area contributed by atoms with E-state index in [9.17, 15) is 4.79 Å². The number of ether oxygens (including phenoxy) is 1. The molecule has 0 aromatic heterocycles. The summed E-state index contributed by atoms with van der Waals surface area (Å²) in [6.45, 7) is 7.93. The first-order valence-electron chi connectivity index (χ1n) is 7.84. The fraction of sp³-hybridized carbons (Fsp3) is 0.588. The quantitative estimate of drug-likeness (QED) is 0.773. The average molecular weight is 292 g/mol. The van der Waals surface area contributed by atoms with Gasteiger partial charge in [0, 0.05) is 17.6 Å². The summed E-state index contributed by atoms with van der Waals surface area (Å²) in [5.41, 5.74) is 7.04. The van der Waals surface area contributed by atoms with Crippen LogP contribution >= 0.6 is 0 Å². The number of rotatable bonds is 8. The van der Waals surface area contributed by atoms with Gasteiger partial charge < -0.3 is 15.8 Å². The second kappa shape index (κ2) is 8.67. The van der Waals surface area contributed by atoms with Gasteiger partial charge in [-0.2, -0.15) is 0 Å². The minimum absolute atomic E-state index is 0.0736.